The minimum absolute atomic E-state index is 0.145. The van der Waals surface area contributed by atoms with Crippen LogP contribution in [0.1, 0.15) is 65.2 Å². The van der Waals surface area contributed by atoms with Crippen molar-refractivity contribution in [1.82, 2.24) is 0 Å². The molecule has 0 atom stereocenters. The molecule has 0 spiro atoms. The number of rotatable bonds is 18. The number of hydrogen-bond donors (Lipinski definition) is 0. The van der Waals surface area contributed by atoms with Gasteiger partial charge in [-0.05, 0) is 0 Å². The molecule has 17 heteroatoms. The Balaban J connectivity index is 6.51. The van der Waals surface area contributed by atoms with Crippen LogP contribution >= 0.6 is 0 Å². The molecular weight excluding hydrogens is 657 g/mol. The molecule has 0 aliphatic rings. The van der Waals surface area contributed by atoms with Crippen molar-refractivity contribution in [1.29, 1.82) is 0 Å². The summed E-state index contributed by atoms with van der Waals surface area (Å²) in [7, 11) is 0. The van der Waals surface area contributed by atoms with Crippen LogP contribution in [0.15, 0.2) is 0 Å². The number of hydrogen-bond acceptors (Lipinski definition) is 2. The van der Waals surface area contributed by atoms with Crippen LogP contribution in [0, 0.1) is 0 Å². The van der Waals surface area contributed by atoms with Gasteiger partial charge >= 0.3 is 210 Å². The van der Waals surface area contributed by atoms with Gasteiger partial charge in [0.05, 0.1) is 0 Å². The third-order valence-electron chi connectivity index (χ3n) is 5.34. The molecule has 0 fully saturated rings. The molecule has 37 heavy (non-hydrogen) atoms. The van der Waals surface area contributed by atoms with Gasteiger partial charge in [0.25, 0.3) is 0 Å². The van der Waals surface area contributed by atoms with Gasteiger partial charge in [0, 0.05) is 0 Å². The van der Waals surface area contributed by atoms with E-state index in [0.29, 0.717) is 25.7 Å². The van der Waals surface area contributed by atoms with Crippen LogP contribution in [0.2, 0.25) is 8.87 Å². The Morgan fingerprint density at radius 2 is 0.757 bits per heavy atom. The van der Waals surface area contributed by atoms with Crippen LogP contribution < -0.4 is 0 Å². The van der Waals surface area contributed by atoms with E-state index in [-0.39, 0.29) is 25.7 Å². The molecule has 0 saturated heterocycles. The summed E-state index contributed by atoms with van der Waals surface area (Å²) in [5.41, 5.74) is 0. The molecule has 0 aromatic heterocycles. The zero-order valence-electron chi connectivity index (χ0n) is 20.1. The van der Waals surface area contributed by atoms with Gasteiger partial charge in [0.2, 0.25) is 0 Å². The van der Waals surface area contributed by atoms with E-state index in [4.69, 9.17) is 6.15 Å². The average Bonchev–Trinajstić information content (AvgIpc) is 2.71. The van der Waals surface area contributed by atoms with Crippen molar-refractivity contribution in [3.05, 3.63) is 0 Å². The van der Waals surface area contributed by atoms with Gasteiger partial charge in [-0.3, -0.25) is 0 Å². The van der Waals surface area contributed by atoms with Crippen LogP contribution in [0.3, 0.4) is 0 Å². The monoisotopic (exact) mass is 688 g/mol. The minimum atomic E-state index is -7.04. The van der Waals surface area contributed by atoms with Crippen molar-refractivity contribution in [2.75, 3.05) is 13.2 Å². The van der Waals surface area contributed by atoms with E-state index in [9.17, 15) is 61.5 Å². The Labute approximate surface area is 210 Å². The molecule has 0 radical (unpaired) electrons. The van der Waals surface area contributed by atoms with Crippen molar-refractivity contribution >= 4 is 19.2 Å². The van der Waals surface area contributed by atoms with Crippen LogP contribution in [0.5, 0.6) is 0 Å². The standard InChI is InChI=1S/2C6H13O.2C4H2F7.Sn/c2*1-2-3-4-5-6-7;2*1-2(5,6)3(7,8)4(9,10)11;/h2*2-6H2,1H3;2*1H2;/q2*-1;;;+2. The van der Waals surface area contributed by atoms with E-state index in [1.807, 2.05) is 0 Å². The molecule has 0 aliphatic carbocycles. The van der Waals surface area contributed by atoms with Crippen molar-refractivity contribution in [2.24, 2.45) is 0 Å². The molecule has 0 aromatic carbocycles. The van der Waals surface area contributed by atoms with Crippen molar-refractivity contribution in [2.45, 2.75) is 110 Å². The molecule has 0 rings (SSSR count). The molecule has 0 N–H and O–H groups in total. The second-order valence-electron chi connectivity index (χ2n) is 8.64. The second kappa shape index (κ2) is 13.9. The molecule has 0 unspecified atom stereocenters. The van der Waals surface area contributed by atoms with Gasteiger partial charge in [-0.25, -0.2) is 0 Å². The van der Waals surface area contributed by atoms with E-state index in [1.165, 1.54) is 0 Å². The van der Waals surface area contributed by atoms with E-state index >= 15 is 0 Å². The summed E-state index contributed by atoms with van der Waals surface area (Å²) in [6, 6.07) is 0. The Kier molecular flexibility index (Phi) is 13.8. The summed E-state index contributed by atoms with van der Waals surface area (Å²) in [5, 5.41) is 0. The normalized spacial score (nSPS) is 14.9. The van der Waals surface area contributed by atoms with E-state index in [1.54, 1.807) is 13.8 Å². The van der Waals surface area contributed by atoms with Crippen molar-refractivity contribution in [3.8, 4) is 0 Å². The van der Waals surface area contributed by atoms with Crippen molar-refractivity contribution in [3.63, 3.8) is 0 Å². The average molecular weight is 687 g/mol. The Morgan fingerprint density at radius 3 is 1.00 bits per heavy atom. The Hall–Kier alpha value is -0.261. The summed E-state index contributed by atoms with van der Waals surface area (Å²) in [5.74, 6) is -26.1. The predicted octanol–water partition coefficient (Wildman–Crippen LogP) is 9.29. The molecule has 2 nitrogen and oxygen atoms in total. The Bertz CT molecular complexity index is 608. The summed E-state index contributed by atoms with van der Waals surface area (Å²) in [6.45, 7) is 1.74. The van der Waals surface area contributed by atoms with Crippen LogP contribution in [-0.4, -0.2) is 68.5 Å². The van der Waals surface area contributed by atoms with Crippen molar-refractivity contribution < 1.29 is 67.6 Å². The maximum atomic E-state index is 14.3. The first kappa shape index (κ1) is 36.7. The first-order valence-electron chi connectivity index (χ1n) is 11.5. The van der Waals surface area contributed by atoms with E-state index in [0.717, 1.165) is 0 Å². The molecule has 0 amide bonds. The van der Waals surface area contributed by atoms with Gasteiger partial charge in [-0.2, -0.15) is 0 Å². The van der Waals surface area contributed by atoms with Crippen LogP contribution in [0.25, 0.3) is 0 Å². The third kappa shape index (κ3) is 10.0. The number of alkyl halides is 14. The summed E-state index contributed by atoms with van der Waals surface area (Å²) in [4.78, 5) is 0. The Morgan fingerprint density at radius 1 is 0.459 bits per heavy atom. The van der Waals surface area contributed by atoms with E-state index < -0.39 is 77.3 Å². The van der Waals surface area contributed by atoms with Gasteiger partial charge < -0.3 is 0 Å². The van der Waals surface area contributed by atoms with Crippen LogP contribution in [0.4, 0.5) is 61.5 Å². The number of unbranched alkanes of at least 4 members (excludes halogenated alkanes) is 6. The molecule has 0 bridgehead atoms. The van der Waals surface area contributed by atoms with Gasteiger partial charge in [0.1, 0.15) is 0 Å². The summed E-state index contributed by atoms with van der Waals surface area (Å²) in [6.07, 6.45) is -11.5. The SMILES string of the molecule is CCCCCC[O][Sn]([CH2]C(F)(F)C(F)(F)C(F)(F)F)([CH2]C(F)(F)C(F)(F)C(F)(F)F)[O]CCCCCC. The first-order chi connectivity index (χ1) is 16.5. The quantitative estimate of drug-likeness (QED) is 0.0813. The molecule has 0 aliphatic heterocycles. The van der Waals surface area contributed by atoms with Crippen LogP contribution in [-0.2, 0) is 6.15 Å². The molecule has 224 valence electrons. The third-order valence-corrected chi connectivity index (χ3v) is 15.1. The van der Waals surface area contributed by atoms with Gasteiger partial charge in [-0.15, -0.1) is 0 Å². The second-order valence-corrected chi connectivity index (χ2v) is 17.5. The van der Waals surface area contributed by atoms with E-state index in [2.05, 4.69) is 0 Å². The molecule has 0 saturated carbocycles. The fraction of sp³-hybridized carbons (Fsp3) is 1.00. The predicted molar refractivity (Wildman–Crippen MR) is 107 cm³/mol. The summed E-state index contributed by atoms with van der Waals surface area (Å²) >= 11 is -7.04. The molecule has 0 heterocycles. The fourth-order valence-corrected chi connectivity index (χ4v) is 13.0. The molecule has 0 aromatic rings. The number of halogens is 14. The zero-order chi connectivity index (χ0) is 29.4. The van der Waals surface area contributed by atoms with Gasteiger partial charge in [-0.1, -0.05) is 0 Å². The van der Waals surface area contributed by atoms with Gasteiger partial charge in [0.15, 0.2) is 0 Å². The fourth-order valence-electron chi connectivity index (χ4n) is 3.20. The maximum absolute atomic E-state index is 14.3. The molecular formula is C20H30F14O2Sn. The first-order valence-corrected chi connectivity index (χ1v) is 17.8. The topological polar surface area (TPSA) is 18.5 Å². The zero-order valence-corrected chi connectivity index (χ0v) is 22.9. The summed E-state index contributed by atoms with van der Waals surface area (Å²) < 4.78 is 192.